The van der Waals surface area contributed by atoms with Gasteiger partial charge in [-0.2, -0.15) is 0 Å². The van der Waals surface area contributed by atoms with Crippen molar-refractivity contribution in [3.63, 3.8) is 0 Å². The minimum atomic E-state index is -1.05. The Morgan fingerprint density at radius 2 is 1.76 bits per heavy atom. The van der Waals surface area contributed by atoms with Gasteiger partial charge in [-0.3, -0.25) is 14.8 Å². The Morgan fingerprint density at radius 1 is 1.05 bits per heavy atom. The number of unbranched alkanes of at least 4 members (excludes halogenated alkanes) is 1. The maximum atomic E-state index is 13.7. The van der Waals surface area contributed by atoms with Gasteiger partial charge in [0.1, 0.15) is 11.5 Å². The highest BCUT2D eigenvalue weighted by molar-refractivity contribution is 5.93. The van der Waals surface area contributed by atoms with E-state index in [-0.39, 0.29) is 30.6 Å². The summed E-state index contributed by atoms with van der Waals surface area (Å²) in [4.78, 5) is 40.7. The molecule has 0 aliphatic carbocycles. The zero-order chi connectivity index (χ0) is 26.9. The average Bonchev–Trinajstić information content (AvgIpc) is 3.27. The van der Waals surface area contributed by atoms with Gasteiger partial charge in [-0.1, -0.05) is 31.5 Å². The number of halogens is 2. The zero-order valence-corrected chi connectivity index (χ0v) is 20.2. The van der Waals surface area contributed by atoms with Crippen molar-refractivity contribution in [1.82, 2.24) is 20.3 Å². The Labute approximate surface area is 212 Å². The van der Waals surface area contributed by atoms with Crippen molar-refractivity contribution in [3.8, 4) is 0 Å². The average molecular weight is 515 g/mol. The van der Waals surface area contributed by atoms with E-state index in [1.54, 1.807) is 16.7 Å². The lowest BCUT2D eigenvalue weighted by atomic mass is 10.0. The van der Waals surface area contributed by atoms with Crippen molar-refractivity contribution in [1.29, 1.82) is 0 Å². The number of aryl methyl sites for hydroxylation is 1. The number of carboxylic acids is 1. The second-order valence-electron chi connectivity index (χ2n) is 8.61. The minimum Gasteiger partial charge on any atom is -0.478 e. The normalized spacial score (nSPS) is 11.7. The molecule has 3 rings (SSSR count). The van der Waals surface area contributed by atoms with Gasteiger partial charge in [-0.05, 0) is 48.2 Å². The molecule has 0 radical (unpaired) electrons. The number of carboxylic acid groups (broad SMARTS) is 1. The molecule has 37 heavy (non-hydrogen) atoms. The van der Waals surface area contributed by atoms with Crippen molar-refractivity contribution >= 4 is 17.8 Å². The summed E-state index contributed by atoms with van der Waals surface area (Å²) in [5.74, 6) is -3.75. The van der Waals surface area contributed by atoms with Gasteiger partial charge in [0.05, 0.1) is 11.8 Å². The lowest BCUT2D eigenvalue weighted by Gasteiger charge is -2.19. The molecule has 1 heterocycles. The van der Waals surface area contributed by atoms with E-state index in [0.29, 0.717) is 17.8 Å². The molecule has 11 heteroatoms. The number of hydrogen-bond acceptors (Lipinski definition) is 5. The number of rotatable bonds is 12. The van der Waals surface area contributed by atoms with E-state index in [4.69, 9.17) is 10.3 Å². The van der Waals surface area contributed by atoms with Crippen molar-refractivity contribution < 1.29 is 33.5 Å². The van der Waals surface area contributed by atoms with Crippen LogP contribution in [0.15, 0.2) is 48.7 Å². The Hall–Kier alpha value is -4.12. The van der Waals surface area contributed by atoms with E-state index in [1.807, 2.05) is 6.92 Å². The molecular formula is C26H28F2N4O5. The molecule has 0 aliphatic heterocycles. The van der Waals surface area contributed by atoms with Crippen LogP contribution >= 0.6 is 0 Å². The standard InChI is InChI=1S/C26H28F2N4O5/c1-2-3-4-23-29-14-22(32(23)15-16-5-8-18(9-6-16)26(35)36)25(34)30-19(13-24(33)31-37)11-17-7-10-20(27)21(28)12-17/h5-10,12,14,19,37H,2-4,11,13,15H2,1H3,(H,30,34)(H,31,33)(H,35,36). The predicted octanol–water partition coefficient (Wildman–Crippen LogP) is 3.49. The summed E-state index contributed by atoms with van der Waals surface area (Å²) in [6, 6.07) is 8.72. The van der Waals surface area contributed by atoms with E-state index in [0.717, 1.165) is 30.5 Å². The molecule has 2 aromatic carbocycles. The Morgan fingerprint density at radius 3 is 2.38 bits per heavy atom. The lowest BCUT2D eigenvalue weighted by Crippen LogP contribution is -2.41. The summed E-state index contributed by atoms with van der Waals surface area (Å²) < 4.78 is 28.7. The first-order valence-electron chi connectivity index (χ1n) is 11.8. The van der Waals surface area contributed by atoms with Crippen LogP contribution in [0.5, 0.6) is 0 Å². The number of carbonyl (C=O) groups excluding carboxylic acids is 2. The summed E-state index contributed by atoms with van der Waals surface area (Å²) in [7, 11) is 0. The number of imidazole rings is 1. The smallest absolute Gasteiger partial charge is 0.335 e. The number of carbonyl (C=O) groups is 3. The molecular weight excluding hydrogens is 486 g/mol. The molecule has 0 saturated heterocycles. The molecule has 9 nitrogen and oxygen atoms in total. The first-order valence-corrected chi connectivity index (χ1v) is 11.8. The summed E-state index contributed by atoms with van der Waals surface area (Å²) in [6.45, 7) is 2.28. The Bertz CT molecular complexity index is 1260. The first-order chi connectivity index (χ1) is 17.7. The van der Waals surface area contributed by atoms with Gasteiger partial charge in [0, 0.05) is 25.4 Å². The zero-order valence-electron chi connectivity index (χ0n) is 20.2. The van der Waals surface area contributed by atoms with Gasteiger partial charge in [-0.25, -0.2) is 24.0 Å². The minimum absolute atomic E-state index is 0.00381. The molecule has 1 unspecified atom stereocenters. The third-order valence-corrected chi connectivity index (χ3v) is 5.82. The van der Waals surface area contributed by atoms with Gasteiger partial charge < -0.3 is 15.0 Å². The quantitative estimate of drug-likeness (QED) is 0.216. The summed E-state index contributed by atoms with van der Waals surface area (Å²) >= 11 is 0. The Balaban J connectivity index is 1.86. The molecule has 4 N–H and O–H groups in total. The fourth-order valence-electron chi connectivity index (χ4n) is 3.90. The van der Waals surface area contributed by atoms with Crippen LogP contribution in [0.4, 0.5) is 8.78 Å². The van der Waals surface area contributed by atoms with Crippen LogP contribution < -0.4 is 10.8 Å². The molecule has 196 valence electrons. The molecule has 0 spiro atoms. The van der Waals surface area contributed by atoms with Gasteiger partial charge in [0.15, 0.2) is 11.6 Å². The second kappa shape index (κ2) is 12.7. The van der Waals surface area contributed by atoms with Crippen LogP contribution in [0.2, 0.25) is 0 Å². The van der Waals surface area contributed by atoms with E-state index >= 15 is 0 Å². The van der Waals surface area contributed by atoms with Crippen molar-refractivity contribution in [2.45, 2.75) is 51.6 Å². The Kier molecular flexibility index (Phi) is 9.45. The third-order valence-electron chi connectivity index (χ3n) is 5.82. The molecule has 1 atom stereocenters. The number of aromatic nitrogens is 2. The number of nitrogens with one attached hydrogen (secondary N) is 2. The van der Waals surface area contributed by atoms with E-state index < -0.39 is 35.5 Å². The van der Waals surface area contributed by atoms with Crippen LogP contribution in [0.3, 0.4) is 0 Å². The van der Waals surface area contributed by atoms with Crippen LogP contribution in [-0.2, 0) is 24.2 Å². The number of amides is 2. The van der Waals surface area contributed by atoms with Crippen LogP contribution in [0.1, 0.15) is 64.0 Å². The number of aromatic carboxylic acids is 1. The van der Waals surface area contributed by atoms with Gasteiger partial charge in [-0.15, -0.1) is 0 Å². The van der Waals surface area contributed by atoms with Crippen LogP contribution in [0.25, 0.3) is 0 Å². The lowest BCUT2D eigenvalue weighted by molar-refractivity contribution is -0.129. The van der Waals surface area contributed by atoms with Gasteiger partial charge in [0.25, 0.3) is 5.91 Å². The fraction of sp³-hybridized carbons (Fsp3) is 0.308. The van der Waals surface area contributed by atoms with Crippen LogP contribution in [-0.4, -0.2) is 43.7 Å². The third kappa shape index (κ3) is 7.43. The molecule has 1 aromatic heterocycles. The molecule has 0 bridgehead atoms. The number of hydroxylamine groups is 1. The van der Waals surface area contributed by atoms with Crippen LogP contribution in [0, 0.1) is 11.6 Å². The highest BCUT2D eigenvalue weighted by Gasteiger charge is 2.22. The predicted molar refractivity (Wildman–Crippen MR) is 129 cm³/mol. The summed E-state index contributed by atoms with van der Waals surface area (Å²) in [6.07, 6.45) is 3.48. The SMILES string of the molecule is CCCCc1ncc(C(=O)NC(CC(=O)NO)Cc2ccc(F)c(F)c2)n1Cc1ccc(C(=O)O)cc1. The van der Waals surface area contributed by atoms with Crippen molar-refractivity contribution in [2.75, 3.05) is 0 Å². The maximum absolute atomic E-state index is 13.7. The number of benzene rings is 2. The second-order valence-corrected chi connectivity index (χ2v) is 8.61. The largest absolute Gasteiger partial charge is 0.478 e. The fourth-order valence-corrected chi connectivity index (χ4v) is 3.90. The number of nitrogens with zero attached hydrogens (tertiary/aromatic N) is 2. The topological polar surface area (TPSA) is 134 Å². The first kappa shape index (κ1) is 27.5. The van der Waals surface area contributed by atoms with Gasteiger partial charge >= 0.3 is 5.97 Å². The number of hydrogen-bond donors (Lipinski definition) is 4. The molecule has 3 aromatic rings. The highest BCUT2D eigenvalue weighted by atomic mass is 19.2. The summed E-state index contributed by atoms with van der Waals surface area (Å²) in [5, 5.41) is 20.8. The maximum Gasteiger partial charge on any atom is 0.335 e. The van der Waals surface area contributed by atoms with Crippen molar-refractivity contribution in [3.05, 3.63) is 88.5 Å². The van der Waals surface area contributed by atoms with E-state index in [9.17, 15) is 23.2 Å². The molecule has 2 amide bonds. The van der Waals surface area contributed by atoms with Crippen molar-refractivity contribution in [2.24, 2.45) is 0 Å². The molecule has 0 fully saturated rings. The molecule has 0 saturated carbocycles. The van der Waals surface area contributed by atoms with E-state index in [1.165, 1.54) is 29.9 Å². The molecule has 0 aliphatic rings. The summed E-state index contributed by atoms with van der Waals surface area (Å²) in [5.41, 5.74) is 2.98. The van der Waals surface area contributed by atoms with E-state index in [2.05, 4.69) is 10.3 Å². The van der Waals surface area contributed by atoms with Gasteiger partial charge in [0.2, 0.25) is 5.91 Å². The monoisotopic (exact) mass is 514 g/mol. The highest BCUT2D eigenvalue weighted by Crippen LogP contribution is 2.16.